The number of ether oxygens (including phenoxy) is 1. The predicted octanol–water partition coefficient (Wildman–Crippen LogP) is 3.89. The highest BCUT2D eigenvalue weighted by molar-refractivity contribution is 9.09. The molecule has 7 heteroatoms. The SMILES string of the molecule is CC(C)(C)OC(=O)Nc1ccc(C(=O)CBr)c(F)c1F. The minimum absolute atomic E-state index is 0.123. The van der Waals surface area contributed by atoms with Crippen molar-refractivity contribution >= 4 is 33.5 Å². The normalized spacial score (nSPS) is 11.1. The molecule has 0 aliphatic carbocycles. The van der Waals surface area contributed by atoms with Gasteiger partial charge in [-0.3, -0.25) is 10.1 Å². The molecule has 0 spiro atoms. The summed E-state index contributed by atoms with van der Waals surface area (Å²) >= 11 is 2.87. The van der Waals surface area contributed by atoms with Gasteiger partial charge in [-0.15, -0.1) is 0 Å². The first-order valence-corrected chi connectivity index (χ1v) is 6.85. The van der Waals surface area contributed by atoms with Crippen molar-refractivity contribution in [2.24, 2.45) is 0 Å². The van der Waals surface area contributed by atoms with E-state index in [-0.39, 0.29) is 16.6 Å². The molecule has 110 valence electrons. The van der Waals surface area contributed by atoms with E-state index in [2.05, 4.69) is 21.2 Å². The number of rotatable bonds is 3. The summed E-state index contributed by atoms with van der Waals surface area (Å²) in [6, 6.07) is 2.22. The molecular formula is C13H14BrF2NO3. The lowest BCUT2D eigenvalue weighted by Gasteiger charge is -2.20. The molecule has 0 aliphatic heterocycles. The third-order valence-electron chi connectivity index (χ3n) is 2.14. The molecule has 0 aromatic heterocycles. The van der Waals surface area contributed by atoms with E-state index in [0.29, 0.717) is 0 Å². The predicted molar refractivity (Wildman–Crippen MR) is 74.3 cm³/mol. The minimum atomic E-state index is -1.30. The Morgan fingerprint density at radius 2 is 1.85 bits per heavy atom. The lowest BCUT2D eigenvalue weighted by molar-refractivity contribution is 0.0635. The van der Waals surface area contributed by atoms with Crippen molar-refractivity contribution in [3.8, 4) is 0 Å². The summed E-state index contributed by atoms with van der Waals surface area (Å²) in [5.41, 5.74) is -1.53. The number of halogens is 3. The van der Waals surface area contributed by atoms with E-state index in [4.69, 9.17) is 4.74 Å². The summed E-state index contributed by atoms with van der Waals surface area (Å²) in [5, 5.41) is 1.97. The Kier molecular flexibility index (Phi) is 5.21. The molecular weight excluding hydrogens is 336 g/mol. The second-order valence-electron chi connectivity index (χ2n) is 4.97. The highest BCUT2D eigenvalue weighted by Crippen LogP contribution is 2.22. The fourth-order valence-electron chi connectivity index (χ4n) is 1.35. The first-order chi connectivity index (χ1) is 9.15. The molecule has 0 radical (unpaired) electrons. The second-order valence-corrected chi connectivity index (χ2v) is 5.53. The Morgan fingerprint density at radius 3 is 2.35 bits per heavy atom. The molecule has 0 heterocycles. The number of hydrogen-bond acceptors (Lipinski definition) is 3. The zero-order chi connectivity index (χ0) is 15.5. The summed E-state index contributed by atoms with van der Waals surface area (Å²) in [5.74, 6) is -3.20. The van der Waals surface area contributed by atoms with Crippen LogP contribution in [0.4, 0.5) is 19.3 Å². The molecule has 1 rings (SSSR count). The summed E-state index contributed by atoms with van der Waals surface area (Å²) in [6.45, 7) is 4.92. The molecule has 4 nitrogen and oxygen atoms in total. The Balaban J connectivity index is 2.97. The van der Waals surface area contributed by atoms with E-state index in [1.807, 2.05) is 0 Å². The van der Waals surface area contributed by atoms with Crippen LogP contribution in [0.15, 0.2) is 12.1 Å². The van der Waals surface area contributed by atoms with Crippen molar-refractivity contribution in [1.82, 2.24) is 0 Å². The van der Waals surface area contributed by atoms with E-state index in [1.54, 1.807) is 20.8 Å². The largest absolute Gasteiger partial charge is 0.444 e. The number of nitrogens with one attached hydrogen (secondary N) is 1. The molecule has 1 N–H and O–H groups in total. The van der Waals surface area contributed by atoms with Crippen LogP contribution < -0.4 is 5.32 Å². The van der Waals surface area contributed by atoms with Crippen molar-refractivity contribution in [2.75, 3.05) is 10.6 Å². The van der Waals surface area contributed by atoms with Crippen LogP contribution in [0, 0.1) is 11.6 Å². The van der Waals surface area contributed by atoms with E-state index in [0.717, 1.165) is 12.1 Å². The molecule has 0 atom stereocenters. The van der Waals surface area contributed by atoms with Gasteiger partial charge in [0, 0.05) is 0 Å². The van der Waals surface area contributed by atoms with Gasteiger partial charge in [-0.05, 0) is 32.9 Å². The number of alkyl halides is 1. The van der Waals surface area contributed by atoms with Gasteiger partial charge >= 0.3 is 6.09 Å². The van der Waals surface area contributed by atoms with Crippen LogP contribution in [0.1, 0.15) is 31.1 Å². The summed E-state index contributed by atoms with van der Waals surface area (Å²) < 4.78 is 32.3. The minimum Gasteiger partial charge on any atom is -0.444 e. The Labute approximate surface area is 123 Å². The zero-order valence-electron chi connectivity index (χ0n) is 11.2. The van der Waals surface area contributed by atoms with Crippen molar-refractivity contribution in [3.63, 3.8) is 0 Å². The van der Waals surface area contributed by atoms with Crippen LogP contribution in [0.3, 0.4) is 0 Å². The number of carbonyl (C=O) groups is 2. The molecule has 20 heavy (non-hydrogen) atoms. The van der Waals surface area contributed by atoms with Crippen molar-refractivity contribution < 1.29 is 23.1 Å². The lowest BCUT2D eigenvalue weighted by atomic mass is 10.1. The van der Waals surface area contributed by atoms with Gasteiger partial charge in [0.2, 0.25) is 0 Å². The van der Waals surface area contributed by atoms with Gasteiger partial charge in [0.05, 0.1) is 16.6 Å². The Morgan fingerprint density at radius 1 is 1.25 bits per heavy atom. The number of ketones is 1. The van der Waals surface area contributed by atoms with Crippen LogP contribution >= 0.6 is 15.9 Å². The molecule has 0 saturated heterocycles. The molecule has 0 saturated carbocycles. The summed E-state index contributed by atoms with van der Waals surface area (Å²) in [4.78, 5) is 22.8. The van der Waals surface area contributed by atoms with Crippen molar-refractivity contribution in [2.45, 2.75) is 26.4 Å². The molecule has 1 amide bonds. The number of carbonyl (C=O) groups excluding carboxylic acids is 2. The van der Waals surface area contributed by atoms with E-state index in [1.165, 1.54) is 0 Å². The first-order valence-electron chi connectivity index (χ1n) is 5.73. The fraction of sp³-hybridized carbons (Fsp3) is 0.385. The van der Waals surface area contributed by atoms with Crippen LogP contribution in [0.25, 0.3) is 0 Å². The maximum absolute atomic E-state index is 13.7. The average molecular weight is 350 g/mol. The average Bonchev–Trinajstić information content (AvgIpc) is 2.32. The van der Waals surface area contributed by atoms with Crippen molar-refractivity contribution in [3.05, 3.63) is 29.3 Å². The smallest absolute Gasteiger partial charge is 0.412 e. The zero-order valence-corrected chi connectivity index (χ0v) is 12.8. The van der Waals surface area contributed by atoms with Gasteiger partial charge in [0.1, 0.15) is 5.60 Å². The topological polar surface area (TPSA) is 55.4 Å². The first kappa shape index (κ1) is 16.6. The lowest BCUT2D eigenvalue weighted by Crippen LogP contribution is -2.27. The number of amides is 1. The summed E-state index contributed by atoms with van der Waals surface area (Å²) in [6.07, 6.45) is -0.907. The van der Waals surface area contributed by atoms with Gasteiger partial charge in [-0.1, -0.05) is 15.9 Å². The van der Waals surface area contributed by atoms with E-state index in [9.17, 15) is 18.4 Å². The van der Waals surface area contributed by atoms with Crippen LogP contribution in [-0.4, -0.2) is 22.8 Å². The fourth-order valence-corrected chi connectivity index (χ4v) is 1.65. The van der Waals surface area contributed by atoms with Gasteiger partial charge in [0.15, 0.2) is 17.4 Å². The van der Waals surface area contributed by atoms with E-state index < -0.39 is 29.1 Å². The Bertz CT molecular complexity index is 541. The number of Topliss-reactive ketones (excluding diaryl/α,β-unsaturated/α-hetero) is 1. The molecule has 0 aliphatic rings. The maximum Gasteiger partial charge on any atom is 0.412 e. The molecule has 0 unspecified atom stereocenters. The van der Waals surface area contributed by atoms with Crippen molar-refractivity contribution in [1.29, 1.82) is 0 Å². The second kappa shape index (κ2) is 6.30. The number of benzene rings is 1. The molecule has 1 aromatic carbocycles. The van der Waals surface area contributed by atoms with Gasteiger partial charge in [-0.2, -0.15) is 0 Å². The standard InChI is InChI=1S/C13H14BrF2NO3/c1-13(2,3)20-12(19)17-8-5-4-7(9(18)6-14)10(15)11(8)16/h4-5H,6H2,1-3H3,(H,17,19). The third kappa shape index (κ3) is 4.26. The van der Waals surface area contributed by atoms with E-state index >= 15 is 0 Å². The van der Waals surface area contributed by atoms with Crippen LogP contribution in [-0.2, 0) is 4.74 Å². The monoisotopic (exact) mass is 349 g/mol. The maximum atomic E-state index is 13.7. The van der Waals surface area contributed by atoms with Gasteiger partial charge in [0.25, 0.3) is 0 Å². The summed E-state index contributed by atoms with van der Waals surface area (Å²) in [7, 11) is 0. The highest BCUT2D eigenvalue weighted by atomic mass is 79.9. The molecule has 1 aromatic rings. The quantitative estimate of drug-likeness (QED) is 0.665. The van der Waals surface area contributed by atoms with Gasteiger partial charge in [-0.25, -0.2) is 13.6 Å². The van der Waals surface area contributed by atoms with Gasteiger partial charge < -0.3 is 4.74 Å². The van der Waals surface area contributed by atoms with Crippen LogP contribution in [0.5, 0.6) is 0 Å². The number of anilines is 1. The molecule has 0 fully saturated rings. The van der Waals surface area contributed by atoms with Crippen LogP contribution in [0.2, 0.25) is 0 Å². The Hall–Kier alpha value is -1.50. The molecule has 0 bridgehead atoms. The highest BCUT2D eigenvalue weighted by Gasteiger charge is 2.21. The third-order valence-corrected chi connectivity index (χ3v) is 2.65. The number of hydrogen-bond donors (Lipinski definition) is 1.